The maximum absolute atomic E-state index is 12.3. The van der Waals surface area contributed by atoms with Crippen LogP contribution >= 0.6 is 24.0 Å². The summed E-state index contributed by atoms with van der Waals surface area (Å²) < 4.78 is 5.36. The second-order valence-electron chi connectivity index (χ2n) is 5.80. The molecule has 2 heterocycles. The van der Waals surface area contributed by atoms with Gasteiger partial charge in [-0.1, -0.05) is 28.9 Å². The van der Waals surface area contributed by atoms with Crippen molar-refractivity contribution in [1.29, 1.82) is 0 Å². The predicted molar refractivity (Wildman–Crippen MR) is 94.9 cm³/mol. The molecule has 1 aliphatic rings. The number of rotatable bonds is 5. The molecule has 6 nitrogen and oxygen atoms in total. The van der Waals surface area contributed by atoms with Crippen LogP contribution in [0.25, 0.3) is 0 Å². The van der Waals surface area contributed by atoms with E-state index in [0.29, 0.717) is 36.1 Å². The number of likely N-dealkylation sites (N-methyl/N-ethyl adjacent to an activating group) is 1. The van der Waals surface area contributed by atoms with Gasteiger partial charge in [0, 0.05) is 25.4 Å². The van der Waals surface area contributed by atoms with Gasteiger partial charge < -0.3 is 14.7 Å². The maximum Gasteiger partial charge on any atom is 0.232 e. The number of para-hydroxylation sites is 1. The summed E-state index contributed by atoms with van der Waals surface area (Å²) in [6, 6.07) is 7.60. The summed E-state index contributed by atoms with van der Waals surface area (Å²) in [5, 5.41) is 7.71. The Balaban J connectivity index is 0.00000208. The van der Waals surface area contributed by atoms with E-state index in [1.165, 1.54) is 0 Å². The van der Waals surface area contributed by atoms with Crippen LogP contribution in [-0.2, 0) is 11.2 Å². The van der Waals surface area contributed by atoms with Crippen LogP contribution in [0.5, 0.6) is 0 Å². The Hall–Kier alpha value is -1.63. The molecular formula is C16H20Cl2N4O2. The molecule has 3 rings (SSSR count). The quantitative estimate of drug-likeness (QED) is 0.875. The Morgan fingerprint density at radius 1 is 1.46 bits per heavy atom. The molecule has 0 bridgehead atoms. The lowest BCUT2D eigenvalue weighted by molar-refractivity contribution is -0.117. The van der Waals surface area contributed by atoms with Gasteiger partial charge in [-0.25, -0.2) is 0 Å². The van der Waals surface area contributed by atoms with Crippen LogP contribution in [0.1, 0.15) is 31.0 Å². The van der Waals surface area contributed by atoms with E-state index in [2.05, 4.69) is 15.5 Å². The molecule has 1 fully saturated rings. The van der Waals surface area contributed by atoms with Gasteiger partial charge in [-0.05, 0) is 26.1 Å². The van der Waals surface area contributed by atoms with Crippen LogP contribution in [-0.4, -0.2) is 35.7 Å². The number of halogens is 2. The van der Waals surface area contributed by atoms with Gasteiger partial charge in [0.05, 0.1) is 16.6 Å². The highest BCUT2D eigenvalue weighted by Crippen LogP contribution is 2.34. The van der Waals surface area contributed by atoms with Crippen molar-refractivity contribution in [2.45, 2.75) is 31.7 Å². The standard InChI is InChI=1S/C16H19ClN4O2.ClH/c1-10(18-2)7-14-19-16(23-20-14)11-8-15(22)21(9-11)13-6-4-3-5-12(13)17;/h3-6,10-11,18H,7-9H2,1-2H3;1H. The minimum absolute atomic E-state index is 0. The molecule has 2 aromatic rings. The Morgan fingerprint density at radius 3 is 2.92 bits per heavy atom. The van der Waals surface area contributed by atoms with Crippen molar-refractivity contribution >= 4 is 35.6 Å². The summed E-state index contributed by atoms with van der Waals surface area (Å²) >= 11 is 6.19. The van der Waals surface area contributed by atoms with Gasteiger partial charge >= 0.3 is 0 Å². The third-order valence-electron chi connectivity index (χ3n) is 4.08. The van der Waals surface area contributed by atoms with E-state index in [9.17, 15) is 4.79 Å². The fourth-order valence-electron chi connectivity index (χ4n) is 2.67. The lowest BCUT2D eigenvalue weighted by Crippen LogP contribution is -2.24. The summed E-state index contributed by atoms with van der Waals surface area (Å²) in [7, 11) is 1.89. The van der Waals surface area contributed by atoms with Crippen LogP contribution in [0, 0.1) is 0 Å². The number of carbonyl (C=O) groups excluding carboxylic acids is 1. The molecule has 24 heavy (non-hydrogen) atoms. The van der Waals surface area contributed by atoms with Gasteiger partial charge in [-0.15, -0.1) is 12.4 Å². The van der Waals surface area contributed by atoms with Gasteiger partial charge in [0.15, 0.2) is 5.82 Å². The molecule has 0 radical (unpaired) electrons. The molecule has 1 aromatic heterocycles. The number of hydrogen-bond acceptors (Lipinski definition) is 5. The highest BCUT2D eigenvalue weighted by Gasteiger charge is 2.35. The highest BCUT2D eigenvalue weighted by molar-refractivity contribution is 6.33. The zero-order valence-corrected chi connectivity index (χ0v) is 15.1. The molecule has 1 aliphatic heterocycles. The molecule has 2 atom stereocenters. The second kappa shape index (κ2) is 7.96. The smallest absolute Gasteiger partial charge is 0.232 e. The third kappa shape index (κ3) is 3.88. The molecule has 0 spiro atoms. The molecule has 1 saturated heterocycles. The van der Waals surface area contributed by atoms with Crippen LogP contribution < -0.4 is 10.2 Å². The lowest BCUT2D eigenvalue weighted by atomic mass is 10.1. The van der Waals surface area contributed by atoms with Gasteiger partial charge in [0.1, 0.15) is 0 Å². The van der Waals surface area contributed by atoms with Gasteiger partial charge in [0.2, 0.25) is 11.8 Å². The van der Waals surface area contributed by atoms with E-state index >= 15 is 0 Å². The molecule has 2 unspecified atom stereocenters. The molecule has 1 amide bonds. The number of nitrogens with zero attached hydrogens (tertiary/aromatic N) is 3. The summed E-state index contributed by atoms with van der Waals surface area (Å²) in [4.78, 5) is 18.4. The SMILES string of the molecule is CNC(C)Cc1noc(C2CC(=O)N(c3ccccc3Cl)C2)n1.Cl. The van der Waals surface area contributed by atoms with E-state index in [1.807, 2.05) is 32.2 Å². The molecule has 0 saturated carbocycles. The first-order valence-electron chi connectivity index (χ1n) is 7.63. The lowest BCUT2D eigenvalue weighted by Gasteiger charge is -2.17. The fraction of sp³-hybridized carbons (Fsp3) is 0.438. The fourth-order valence-corrected chi connectivity index (χ4v) is 2.91. The van der Waals surface area contributed by atoms with Crippen LogP contribution in [0.2, 0.25) is 5.02 Å². The number of amides is 1. The Kier molecular flexibility index (Phi) is 6.21. The average Bonchev–Trinajstić information content (AvgIpc) is 3.14. The topological polar surface area (TPSA) is 71.3 Å². The van der Waals surface area contributed by atoms with E-state index < -0.39 is 0 Å². The molecule has 1 N–H and O–H groups in total. The average molecular weight is 371 g/mol. The van der Waals surface area contributed by atoms with Crippen molar-refractivity contribution in [2.75, 3.05) is 18.5 Å². The van der Waals surface area contributed by atoms with Gasteiger partial charge in [-0.3, -0.25) is 4.79 Å². The zero-order chi connectivity index (χ0) is 16.4. The van der Waals surface area contributed by atoms with Crippen molar-refractivity contribution in [3.8, 4) is 0 Å². The van der Waals surface area contributed by atoms with Crippen molar-refractivity contribution in [3.05, 3.63) is 41.0 Å². The monoisotopic (exact) mass is 370 g/mol. The Bertz CT molecular complexity index is 707. The highest BCUT2D eigenvalue weighted by atomic mass is 35.5. The van der Waals surface area contributed by atoms with Crippen molar-refractivity contribution in [2.24, 2.45) is 0 Å². The van der Waals surface area contributed by atoms with Crippen LogP contribution in [0.3, 0.4) is 0 Å². The van der Waals surface area contributed by atoms with Crippen molar-refractivity contribution in [1.82, 2.24) is 15.5 Å². The molecular weight excluding hydrogens is 351 g/mol. The largest absolute Gasteiger partial charge is 0.339 e. The van der Waals surface area contributed by atoms with E-state index in [-0.39, 0.29) is 30.3 Å². The number of carbonyl (C=O) groups is 1. The van der Waals surface area contributed by atoms with E-state index in [1.54, 1.807) is 11.0 Å². The zero-order valence-electron chi connectivity index (χ0n) is 13.5. The van der Waals surface area contributed by atoms with Crippen molar-refractivity contribution in [3.63, 3.8) is 0 Å². The first-order valence-corrected chi connectivity index (χ1v) is 8.01. The van der Waals surface area contributed by atoms with Crippen molar-refractivity contribution < 1.29 is 9.32 Å². The minimum Gasteiger partial charge on any atom is -0.339 e. The number of aromatic nitrogens is 2. The van der Waals surface area contributed by atoms with Crippen LogP contribution in [0.4, 0.5) is 5.69 Å². The molecule has 130 valence electrons. The maximum atomic E-state index is 12.3. The van der Waals surface area contributed by atoms with Gasteiger partial charge in [0.25, 0.3) is 0 Å². The first kappa shape index (κ1) is 18.7. The van der Waals surface area contributed by atoms with Crippen LogP contribution in [0.15, 0.2) is 28.8 Å². The molecule has 8 heteroatoms. The minimum atomic E-state index is -0.0927. The Morgan fingerprint density at radius 2 is 2.21 bits per heavy atom. The second-order valence-corrected chi connectivity index (χ2v) is 6.21. The first-order chi connectivity index (χ1) is 11.1. The number of anilines is 1. The molecule has 0 aliphatic carbocycles. The van der Waals surface area contributed by atoms with E-state index in [0.717, 1.165) is 5.69 Å². The molecule has 1 aromatic carbocycles. The Labute approximate surface area is 152 Å². The normalized spacial score (nSPS) is 18.5. The summed E-state index contributed by atoms with van der Waals surface area (Å²) in [6.45, 7) is 2.56. The number of hydrogen-bond donors (Lipinski definition) is 1. The number of nitrogens with one attached hydrogen (secondary N) is 1. The summed E-state index contributed by atoms with van der Waals surface area (Å²) in [6.07, 6.45) is 1.04. The predicted octanol–water partition coefficient (Wildman–Crippen LogP) is 2.82. The summed E-state index contributed by atoms with van der Waals surface area (Å²) in [5.74, 6) is 1.10. The van der Waals surface area contributed by atoms with Gasteiger partial charge in [-0.2, -0.15) is 4.98 Å². The summed E-state index contributed by atoms with van der Waals surface area (Å²) in [5.41, 5.74) is 0.727. The number of benzene rings is 1. The third-order valence-corrected chi connectivity index (χ3v) is 4.40. The van der Waals surface area contributed by atoms with E-state index in [4.69, 9.17) is 16.1 Å².